The molecule has 23 heavy (non-hydrogen) atoms. The predicted molar refractivity (Wildman–Crippen MR) is 89.5 cm³/mol. The standard InChI is InChI=1S/C17H24N4O2/c1-3-8-21(12(2)4-7-18)16(22)13-9-14-15(19-10-13)20-17(5-6-17)11-23-14/h7,9-10,12,18H,3-6,8,11H2,1-2H3,(H,19,20). The van der Waals surface area contributed by atoms with Crippen molar-refractivity contribution in [3.8, 4) is 5.75 Å². The summed E-state index contributed by atoms with van der Waals surface area (Å²) in [5, 5.41) is 10.7. The van der Waals surface area contributed by atoms with Crippen LogP contribution in [-0.4, -0.2) is 46.7 Å². The zero-order valence-corrected chi connectivity index (χ0v) is 13.8. The van der Waals surface area contributed by atoms with Crippen LogP contribution in [0.4, 0.5) is 5.82 Å². The van der Waals surface area contributed by atoms with Crippen LogP contribution < -0.4 is 10.1 Å². The Hall–Kier alpha value is -2.11. The minimum absolute atomic E-state index is 0.00441. The minimum Gasteiger partial charge on any atom is -0.487 e. The molecule has 0 saturated heterocycles. The molecule has 1 fully saturated rings. The van der Waals surface area contributed by atoms with Gasteiger partial charge >= 0.3 is 0 Å². The smallest absolute Gasteiger partial charge is 0.255 e. The van der Waals surface area contributed by atoms with Gasteiger partial charge in [-0.3, -0.25) is 4.79 Å². The van der Waals surface area contributed by atoms with Crippen LogP contribution in [-0.2, 0) is 0 Å². The van der Waals surface area contributed by atoms with Gasteiger partial charge in [0.15, 0.2) is 11.6 Å². The molecule has 3 rings (SSSR count). The number of hydrogen-bond acceptors (Lipinski definition) is 5. The van der Waals surface area contributed by atoms with Gasteiger partial charge in [0.05, 0.1) is 11.1 Å². The van der Waals surface area contributed by atoms with Gasteiger partial charge in [-0.1, -0.05) is 6.92 Å². The SMILES string of the molecule is CCCN(C(=O)c1cnc2c(c1)OCC1(CC1)N2)C(C)CC=N. The highest BCUT2D eigenvalue weighted by atomic mass is 16.5. The number of hydrogen-bond donors (Lipinski definition) is 2. The average Bonchev–Trinajstić information content (AvgIpc) is 3.30. The third-order valence-corrected chi connectivity index (χ3v) is 4.56. The normalized spacial score (nSPS) is 18.3. The summed E-state index contributed by atoms with van der Waals surface area (Å²) in [4.78, 5) is 19.0. The highest BCUT2D eigenvalue weighted by Gasteiger charge is 2.46. The van der Waals surface area contributed by atoms with Crippen LogP contribution >= 0.6 is 0 Å². The van der Waals surface area contributed by atoms with Gasteiger partial charge in [-0.05, 0) is 38.5 Å². The maximum Gasteiger partial charge on any atom is 0.255 e. The van der Waals surface area contributed by atoms with E-state index in [1.165, 1.54) is 6.21 Å². The molecule has 1 aromatic rings. The Bertz CT molecular complexity index is 613. The van der Waals surface area contributed by atoms with Crippen LogP contribution in [0.25, 0.3) is 0 Å². The van der Waals surface area contributed by atoms with Crippen molar-refractivity contribution in [1.82, 2.24) is 9.88 Å². The Morgan fingerprint density at radius 1 is 1.61 bits per heavy atom. The van der Waals surface area contributed by atoms with Gasteiger partial charge in [-0.25, -0.2) is 4.98 Å². The maximum atomic E-state index is 12.8. The highest BCUT2D eigenvalue weighted by molar-refractivity contribution is 5.95. The number of anilines is 1. The average molecular weight is 316 g/mol. The molecule has 124 valence electrons. The number of nitrogens with one attached hydrogen (secondary N) is 2. The molecular weight excluding hydrogens is 292 g/mol. The molecule has 2 N–H and O–H groups in total. The lowest BCUT2D eigenvalue weighted by molar-refractivity contribution is 0.0697. The molecule has 1 aliphatic heterocycles. The van der Waals surface area contributed by atoms with E-state index in [-0.39, 0.29) is 17.5 Å². The number of fused-ring (bicyclic) bond motifs is 1. The number of pyridine rings is 1. The van der Waals surface area contributed by atoms with Crippen molar-refractivity contribution in [2.45, 2.75) is 51.1 Å². The highest BCUT2D eigenvalue weighted by Crippen LogP contribution is 2.44. The lowest BCUT2D eigenvalue weighted by atomic mass is 10.1. The molecule has 6 heteroatoms. The number of carbonyl (C=O) groups excluding carboxylic acids is 1. The number of rotatable bonds is 6. The molecule has 2 heterocycles. The summed E-state index contributed by atoms with van der Waals surface area (Å²) in [7, 11) is 0. The third kappa shape index (κ3) is 3.16. The number of amides is 1. The van der Waals surface area contributed by atoms with Gasteiger partial charge in [-0.2, -0.15) is 0 Å². The number of aromatic nitrogens is 1. The van der Waals surface area contributed by atoms with E-state index in [2.05, 4.69) is 10.3 Å². The molecule has 0 radical (unpaired) electrons. The van der Waals surface area contributed by atoms with Crippen molar-refractivity contribution in [3.63, 3.8) is 0 Å². The first-order valence-electron chi connectivity index (χ1n) is 8.29. The molecular formula is C17H24N4O2. The van der Waals surface area contributed by atoms with Crippen LogP contribution in [0, 0.1) is 5.41 Å². The predicted octanol–water partition coefficient (Wildman–Crippen LogP) is 2.70. The van der Waals surface area contributed by atoms with E-state index < -0.39 is 0 Å². The molecule has 1 atom stereocenters. The summed E-state index contributed by atoms with van der Waals surface area (Å²) in [6.07, 6.45) is 6.64. The van der Waals surface area contributed by atoms with E-state index in [0.29, 0.717) is 30.9 Å². The summed E-state index contributed by atoms with van der Waals surface area (Å²) < 4.78 is 5.81. The Kier molecular flexibility index (Phi) is 4.24. The molecule has 1 saturated carbocycles. The van der Waals surface area contributed by atoms with E-state index >= 15 is 0 Å². The zero-order chi connectivity index (χ0) is 16.4. The summed E-state index contributed by atoms with van der Waals surface area (Å²) in [5.74, 6) is 1.34. The largest absolute Gasteiger partial charge is 0.487 e. The van der Waals surface area contributed by atoms with Gasteiger partial charge in [0.1, 0.15) is 6.61 Å². The van der Waals surface area contributed by atoms with Crippen molar-refractivity contribution >= 4 is 17.9 Å². The number of carbonyl (C=O) groups is 1. The van der Waals surface area contributed by atoms with Gasteiger partial charge in [0.25, 0.3) is 5.91 Å². The second kappa shape index (κ2) is 6.18. The van der Waals surface area contributed by atoms with Crippen LogP contribution in [0.15, 0.2) is 12.3 Å². The summed E-state index contributed by atoms with van der Waals surface area (Å²) in [6, 6.07) is 1.79. The van der Waals surface area contributed by atoms with Crippen molar-refractivity contribution < 1.29 is 9.53 Å². The van der Waals surface area contributed by atoms with Gasteiger partial charge in [-0.15, -0.1) is 0 Å². The van der Waals surface area contributed by atoms with Crippen LogP contribution in [0.3, 0.4) is 0 Å². The van der Waals surface area contributed by atoms with Crippen molar-refractivity contribution in [3.05, 3.63) is 17.8 Å². The lowest BCUT2D eigenvalue weighted by Gasteiger charge is -2.29. The van der Waals surface area contributed by atoms with Crippen molar-refractivity contribution in [2.75, 3.05) is 18.5 Å². The summed E-state index contributed by atoms with van der Waals surface area (Å²) >= 11 is 0. The van der Waals surface area contributed by atoms with E-state index in [9.17, 15) is 4.79 Å². The molecule has 0 aromatic carbocycles. The maximum absolute atomic E-state index is 12.8. The van der Waals surface area contributed by atoms with Crippen LogP contribution in [0.1, 0.15) is 49.9 Å². The van der Waals surface area contributed by atoms with E-state index in [0.717, 1.165) is 25.1 Å². The third-order valence-electron chi connectivity index (χ3n) is 4.56. The molecule has 1 unspecified atom stereocenters. The number of nitrogens with zero attached hydrogens (tertiary/aromatic N) is 2. The van der Waals surface area contributed by atoms with Crippen molar-refractivity contribution in [1.29, 1.82) is 5.41 Å². The second-order valence-electron chi connectivity index (χ2n) is 6.55. The van der Waals surface area contributed by atoms with Gasteiger partial charge < -0.3 is 20.4 Å². The monoisotopic (exact) mass is 316 g/mol. The first kappa shape index (κ1) is 15.8. The molecule has 1 spiro atoms. The first-order valence-corrected chi connectivity index (χ1v) is 8.29. The minimum atomic E-state index is -0.0493. The Balaban J connectivity index is 1.79. The fraction of sp³-hybridized carbons (Fsp3) is 0.588. The first-order chi connectivity index (χ1) is 11.1. The fourth-order valence-corrected chi connectivity index (χ4v) is 2.92. The Morgan fingerprint density at radius 2 is 2.39 bits per heavy atom. The fourth-order valence-electron chi connectivity index (χ4n) is 2.92. The van der Waals surface area contributed by atoms with Crippen LogP contribution in [0.2, 0.25) is 0 Å². The topological polar surface area (TPSA) is 78.3 Å². The Morgan fingerprint density at radius 3 is 3.04 bits per heavy atom. The Labute approximate surface area is 136 Å². The molecule has 1 aliphatic carbocycles. The zero-order valence-electron chi connectivity index (χ0n) is 13.8. The van der Waals surface area contributed by atoms with Gasteiger partial charge in [0, 0.05) is 25.2 Å². The molecule has 6 nitrogen and oxygen atoms in total. The second-order valence-corrected chi connectivity index (χ2v) is 6.55. The lowest BCUT2D eigenvalue weighted by Crippen LogP contribution is -2.39. The van der Waals surface area contributed by atoms with E-state index in [1.54, 1.807) is 12.3 Å². The summed E-state index contributed by atoms with van der Waals surface area (Å²) in [6.45, 7) is 5.33. The summed E-state index contributed by atoms with van der Waals surface area (Å²) in [5.41, 5.74) is 0.626. The quantitative estimate of drug-likeness (QED) is 0.791. The van der Waals surface area contributed by atoms with Crippen LogP contribution in [0.5, 0.6) is 5.75 Å². The molecule has 2 aliphatic rings. The van der Waals surface area contributed by atoms with Gasteiger partial charge in [0.2, 0.25) is 0 Å². The number of ether oxygens (including phenoxy) is 1. The molecule has 0 bridgehead atoms. The van der Waals surface area contributed by atoms with E-state index in [4.69, 9.17) is 10.1 Å². The van der Waals surface area contributed by atoms with E-state index in [1.807, 2.05) is 18.7 Å². The molecule has 1 amide bonds. The van der Waals surface area contributed by atoms with Crippen molar-refractivity contribution in [2.24, 2.45) is 0 Å². The molecule has 1 aromatic heterocycles.